The molecule has 1 aromatic carbocycles. The number of rotatable bonds is 4. The lowest BCUT2D eigenvalue weighted by atomic mass is 10.0. The minimum Gasteiger partial charge on any atom is -0.365 e. The van der Waals surface area contributed by atoms with E-state index in [1.807, 2.05) is 0 Å². The summed E-state index contributed by atoms with van der Waals surface area (Å²) >= 11 is 13.3. The van der Waals surface area contributed by atoms with E-state index in [0.717, 1.165) is 36.5 Å². The average molecular weight is 450 g/mol. The number of amides is 3. The maximum absolute atomic E-state index is 12.4. The van der Waals surface area contributed by atoms with Crippen molar-refractivity contribution >= 4 is 69.6 Å². The molecule has 6 nitrogen and oxygen atoms in total. The summed E-state index contributed by atoms with van der Waals surface area (Å²) in [5, 5.41) is 6.65. The summed E-state index contributed by atoms with van der Waals surface area (Å²) in [4.78, 5) is 27.6. The van der Waals surface area contributed by atoms with Crippen LogP contribution >= 0.6 is 46.9 Å². The summed E-state index contributed by atoms with van der Waals surface area (Å²) in [6.45, 7) is 4.65. The zero-order chi connectivity index (χ0) is 18.8. The number of fused-ring (bicyclic) bond motifs is 1. The standard InChI is InChI=1S/C17H18Cl2N4O2S.ClH/c1-2-23-6-5-10-13(8-23)26-16(14(10)15(20)24)22-17(25)21-12-4-3-9(18)7-11(12)19;/h3-4,7H,2,5-6,8H2,1H3,(H2,20,24)(H2,21,22,25);1H. The zero-order valence-corrected chi connectivity index (χ0v) is 17.6. The van der Waals surface area contributed by atoms with Crippen LogP contribution in [0.15, 0.2) is 18.2 Å². The molecule has 10 heteroatoms. The van der Waals surface area contributed by atoms with Crippen LogP contribution < -0.4 is 16.4 Å². The summed E-state index contributed by atoms with van der Waals surface area (Å²) in [5.41, 5.74) is 7.33. The lowest BCUT2D eigenvalue weighted by Crippen LogP contribution is -2.30. The molecule has 0 radical (unpaired) electrons. The van der Waals surface area contributed by atoms with E-state index in [1.165, 1.54) is 17.4 Å². The number of hydrogen-bond donors (Lipinski definition) is 3. The van der Waals surface area contributed by atoms with Crippen molar-refractivity contribution in [1.82, 2.24) is 4.90 Å². The molecule has 0 fully saturated rings. The largest absolute Gasteiger partial charge is 0.365 e. The molecule has 1 aromatic heterocycles. The molecule has 0 saturated carbocycles. The third kappa shape index (κ3) is 4.86. The van der Waals surface area contributed by atoms with Gasteiger partial charge in [0.15, 0.2) is 0 Å². The predicted molar refractivity (Wildman–Crippen MR) is 114 cm³/mol. The number of nitrogens with one attached hydrogen (secondary N) is 2. The molecule has 3 rings (SSSR count). The molecule has 1 aliphatic rings. The summed E-state index contributed by atoms with van der Waals surface area (Å²) in [7, 11) is 0. The second-order valence-corrected chi connectivity index (χ2v) is 7.84. The second kappa shape index (κ2) is 9.12. The summed E-state index contributed by atoms with van der Waals surface area (Å²) in [6.07, 6.45) is 0.740. The first kappa shape index (κ1) is 21.8. The summed E-state index contributed by atoms with van der Waals surface area (Å²) in [5.74, 6) is -0.535. The highest BCUT2D eigenvalue weighted by molar-refractivity contribution is 7.17. The third-order valence-corrected chi connectivity index (χ3v) is 5.92. The molecule has 146 valence electrons. The lowest BCUT2D eigenvalue weighted by Gasteiger charge is -2.25. The SMILES string of the molecule is CCN1CCc2c(sc(NC(=O)Nc3ccc(Cl)cc3Cl)c2C(N)=O)C1.Cl. The van der Waals surface area contributed by atoms with Gasteiger partial charge in [0.2, 0.25) is 0 Å². The first-order chi connectivity index (χ1) is 12.4. The first-order valence-electron chi connectivity index (χ1n) is 8.08. The smallest absolute Gasteiger partial charge is 0.324 e. The first-order valence-corrected chi connectivity index (χ1v) is 9.66. The fourth-order valence-electron chi connectivity index (χ4n) is 2.92. The van der Waals surface area contributed by atoms with Crippen LogP contribution in [0.3, 0.4) is 0 Å². The van der Waals surface area contributed by atoms with Crippen LogP contribution in [0.4, 0.5) is 15.5 Å². The number of thiophene rings is 1. The quantitative estimate of drug-likeness (QED) is 0.637. The van der Waals surface area contributed by atoms with Gasteiger partial charge in [-0.15, -0.1) is 23.7 Å². The van der Waals surface area contributed by atoms with E-state index < -0.39 is 11.9 Å². The number of nitrogens with zero attached hydrogens (tertiary/aromatic N) is 1. The van der Waals surface area contributed by atoms with Gasteiger partial charge in [-0.05, 0) is 36.7 Å². The Bertz CT molecular complexity index is 872. The van der Waals surface area contributed by atoms with E-state index in [1.54, 1.807) is 12.1 Å². The number of halogens is 3. The Hall–Kier alpha value is -1.51. The van der Waals surface area contributed by atoms with Crippen LogP contribution in [0, 0.1) is 0 Å². The van der Waals surface area contributed by atoms with Crippen molar-refractivity contribution in [3.8, 4) is 0 Å². The number of benzene rings is 1. The molecule has 4 N–H and O–H groups in total. The van der Waals surface area contributed by atoms with Crippen LogP contribution in [0.2, 0.25) is 10.0 Å². The molecule has 2 aromatic rings. The topological polar surface area (TPSA) is 87.5 Å². The van der Waals surface area contributed by atoms with Gasteiger partial charge in [0, 0.05) is 23.0 Å². The van der Waals surface area contributed by atoms with Crippen molar-refractivity contribution in [2.75, 3.05) is 23.7 Å². The Morgan fingerprint density at radius 2 is 2.04 bits per heavy atom. The lowest BCUT2D eigenvalue weighted by molar-refractivity contribution is 0.1000. The van der Waals surface area contributed by atoms with Gasteiger partial charge >= 0.3 is 6.03 Å². The minimum absolute atomic E-state index is 0. The predicted octanol–water partition coefficient (Wildman–Crippen LogP) is 4.60. The van der Waals surface area contributed by atoms with Crippen molar-refractivity contribution in [3.63, 3.8) is 0 Å². The molecular weight excluding hydrogens is 431 g/mol. The number of nitrogens with two attached hydrogens (primary N) is 1. The molecule has 27 heavy (non-hydrogen) atoms. The van der Waals surface area contributed by atoms with Crippen molar-refractivity contribution < 1.29 is 9.59 Å². The van der Waals surface area contributed by atoms with Gasteiger partial charge in [0.1, 0.15) is 5.00 Å². The Labute approximate surface area is 177 Å². The normalized spacial score (nSPS) is 13.4. The zero-order valence-electron chi connectivity index (χ0n) is 14.5. The Balaban J connectivity index is 0.00000261. The Morgan fingerprint density at radius 3 is 2.67 bits per heavy atom. The molecule has 3 amide bonds. The van der Waals surface area contributed by atoms with Gasteiger partial charge in [-0.3, -0.25) is 15.0 Å². The third-order valence-electron chi connectivity index (χ3n) is 4.24. The molecule has 0 spiro atoms. The number of carbonyl (C=O) groups is 2. The van der Waals surface area contributed by atoms with Crippen LogP contribution in [0.1, 0.15) is 27.7 Å². The fourth-order valence-corrected chi connectivity index (χ4v) is 4.67. The van der Waals surface area contributed by atoms with Crippen LogP contribution in [-0.2, 0) is 13.0 Å². The minimum atomic E-state index is -0.535. The number of anilines is 2. The number of urea groups is 1. The Morgan fingerprint density at radius 1 is 1.30 bits per heavy atom. The molecule has 0 unspecified atom stereocenters. The monoisotopic (exact) mass is 448 g/mol. The second-order valence-electron chi connectivity index (χ2n) is 5.89. The number of primary amides is 1. The van der Waals surface area contributed by atoms with Crippen molar-refractivity contribution in [1.29, 1.82) is 0 Å². The van der Waals surface area contributed by atoms with E-state index in [4.69, 9.17) is 28.9 Å². The molecule has 0 aliphatic carbocycles. The van der Waals surface area contributed by atoms with E-state index in [2.05, 4.69) is 22.5 Å². The highest BCUT2D eigenvalue weighted by Gasteiger charge is 2.27. The molecule has 1 aliphatic heterocycles. The van der Waals surface area contributed by atoms with Gasteiger partial charge in [-0.25, -0.2) is 4.79 Å². The van der Waals surface area contributed by atoms with Crippen LogP contribution in [-0.4, -0.2) is 29.9 Å². The maximum atomic E-state index is 12.4. The Kier molecular flexibility index (Phi) is 7.36. The van der Waals surface area contributed by atoms with Gasteiger partial charge < -0.3 is 11.1 Å². The van der Waals surface area contributed by atoms with Crippen LogP contribution in [0.25, 0.3) is 0 Å². The molecule has 0 saturated heterocycles. The van der Waals surface area contributed by atoms with E-state index in [0.29, 0.717) is 26.3 Å². The average Bonchev–Trinajstić information content (AvgIpc) is 2.94. The summed E-state index contributed by atoms with van der Waals surface area (Å²) in [6, 6.07) is 4.28. The van der Waals surface area contributed by atoms with Crippen molar-refractivity contribution in [2.24, 2.45) is 5.73 Å². The molecule has 0 bridgehead atoms. The molecule has 2 heterocycles. The van der Waals surface area contributed by atoms with E-state index in [-0.39, 0.29) is 12.4 Å². The highest BCUT2D eigenvalue weighted by atomic mass is 35.5. The highest BCUT2D eigenvalue weighted by Crippen LogP contribution is 2.37. The van der Waals surface area contributed by atoms with Gasteiger partial charge in [-0.1, -0.05) is 30.1 Å². The van der Waals surface area contributed by atoms with Gasteiger partial charge in [0.25, 0.3) is 5.91 Å². The number of hydrogen-bond acceptors (Lipinski definition) is 4. The van der Waals surface area contributed by atoms with Crippen LogP contribution in [0.5, 0.6) is 0 Å². The maximum Gasteiger partial charge on any atom is 0.324 e. The van der Waals surface area contributed by atoms with E-state index >= 15 is 0 Å². The molecule has 0 atom stereocenters. The van der Waals surface area contributed by atoms with E-state index in [9.17, 15) is 9.59 Å². The summed E-state index contributed by atoms with van der Waals surface area (Å²) < 4.78 is 0. The van der Waals surface area contributed by atoms with Crippen molar-refractivity contribution in [2.45, 2.75) is 19.9 Å². The fraction of sp³-hybridized carbons (Fsp3) is 0.294. The molecular formula is C17H19Cl3N4O2S. The number of carbonyl (C=O) groups excluding carboxylic acids is 2. The number of likely N-dealkylation sites (N-methyl/N-ethyl adjacent to an activating group) is 1. The van der Waals surface area contributed by atoms with Gasteiger partial charge in [0.05, 0.1) is 16.3 Å². The van der Waals surface area contributed by atoms with Gasteiger partial charge in [-0.2, -0.15) is 0 Å². The van der Waals surface area contributed by atoms with Crippen molar-refractivity contribution in [3.05, 3.63) is 44.2 Å².